The van der Waals surface area contributed by atoms with Gasteiger partial charge in [-0.05, 0) is 47.4 Å². The van der Waals surface area contributed by atoms with E-state index >= 15 is 0 Å². The molecular formula is C26H22N2O4S. The second-order valence-corrected chi connectivity index (χ2v) is 9.97. The predicted octanol–water partition coefficient (Wildman–Crippen LogP) is 4.84. The molecule has 0 fully saturated rings. The lowest BCUT2D eigenvalue weighted by atomic mass is 9.94. The summed E-state index contributed by atoms with van der Waals surface area (Å²) in [5.41, 5.74) is 4.74. The molecule has 7 heteroatoms. The summed E-state index contributed by atoms with van der Waals surface area (Å²) in [6, 6.07) is 22.7. The number of ether oxygens (including phenoxy) is 2. The highest BCUT2D eigenvalue weighted by molar-refractivity contribution is 7.92. The van der Waals surface area contributed by atoms with E-state index in [1.165, 1.54) is 5.41 Å². The number of nitrogens with one attached hydrogen (secondary N) is 1. The van der Waals surface area contributed by atoms with Crippen LogP contribution >= 0.6 is 0 Å². The summed E-state index contributed by atoms with van der Waals surface area (Å²) >= 11 is 0. The first kappa shape index (κ1) is 20.1. The van der Waals surface area contributed by atoms with Crippen molar-refractivity contribution in [3.8, 4) is 11.5 Å². The number of fused-ring (bicyclic) bond motifs is 4. The topological polar surface area (TPSA) is 71.6 Å². The van der Waals surface area contributed by atoms with Crippen molar-refractivity contribution in [1.29, 1.82) is 0 Å². The Hall–Kier alpha value is -3.55. The summed E-state index contributed by atoms with van der Waals surface area (Å²) in [7, 11) is -3.71. The highest BCUT2D eigenvalue weighted by Crippen LogP contribution is 2.43. The van der Waals surface area contributed by atoms with E-state index in [-0.39, 0.29) is 6.79 Å². The Kier molecular flexibility index (Phi) is 4.74. The largest absolute Gasteiger partial charge is 0.454 e. The van der Waals surface area contributed by atoms with Crippen LogP contribution in [0.1, 0.15) is 28.4 Å². The molecule has 0 bridgehead atoms. The smallest absolute Gasteiger partial charge is 0.237 e. The first-order chi connectivity index (χ1) is 16.1. The quantitative estimate of drug-likeness (QED) is 0.475. The SMILES string of the molecule is O=S(=O)(/C=C/c1ccccc1)N1CCc2c([nH]c3ccccc23)C1c1ccc2c(c1)OCO2. The summed E-state index contributed by atoms with van der Waals surface area (Å²) in [4.78, 5) is 3.51. The van der Waals surface area contributed by atoms with Crippen molar-refractivity contribution in [2.45, 2.75) is 12.5 Å². The van der Waals surface area contributed by atoms with Gasteiger partial charge in [0.15, 0.2) is 11.5 Å². The number of aromatic amines is 1. The van der Waals surface area contributed by atoms with E-state index in [0.29, 0.717) is 24.5 Å². The van der Waals surface area contributed by atoms with Gasteiger partial charge in [-0.3, -0.25) is 0 Å². The molecule has 3 heterocycles. The van der Waals surface area contributed by atoms with Gasteiger partial charge < -0.3 is 14.5 Å². The van der Waals surface area contributed by atoms with Gasteiger partial charge >= 0.3 is 0 Å². The minimum atomic E-state index is -3.71. The van der Waals surface area contributed by atoms with Crippen LogP contribution in [0, 0.1) is 0 Å². The van der Waals surface area contributed by atoms with Gasteiger partial charge in [-0.2, -0.15) is 4.31 Å². The van der Waals surface area contributed by atoms with E-state index in [2.05, 4.69) is 11.1 Å². The van der Waals surface area contributed by atoms with Crippen molar-refractivity contribution >= 4 is 27.0 Å². The molecule has 6 nitrogen and oxygen atoms in total. The van der Waals surface area contributed by atoms with Crippen LogP contribution in [0.4, 0.5) is 0 Å². The average molecular weight is 459 g/mol. The van der Waals surface area contributed by atoms with Gasteiger partial charge in [0.2, 0.25) is 16.8 Å². The van der Waals surface area contributed by atoms with Crippen LogP contribution in [0.2, 0.25) is 0 Å². The third kappa shape index (κ3) is 3.50. The van der Waals surface area contributed by atoms with Crippen LogP contribution in [-0.4, -0.2) is 31.0 Å². The first-order valence-corrected chi connectivity index (χ1v) is 12.3. The zero-order valence-corrected chi connectivity index (χ0v) is 18.6. The lowest BCUT2D eigenvalue weighted by Crippen LogP contribution is -2.39. The summed E-state index contributed by atoms with van der Waals surface area (Å²) < 4.78 is 39.8. The zero-order chi connectivity index (χ0) is 22.4. The zero-order valence-electron chi connectivity index (χ0n) is 17.8. The molecule has 0 saturated heterocycles. The number of benzene rings is 3. The molecule has 3 aromatic carbocycles. The fourth-order valence-electron chi connectivity index (χ4n) is 4.72. The number of H-pyrrole nitrogens is 1. The normalized spacial score (nSPS) is 18.1. The highest BCUT2D eigenvalue weighted by Gasteiger charge is 2.38. The Bertz CT molecular complexity index is 1470. The second kappa shape index (κ2) is 7.79. The predicted molar refractivity (Wildman–Crippen MR) is 128 cm³/mol. The molecule has 33 heavy (non-hydrogen) atoms. The number of aromatic nitrogens is 1. The molecule has 0 aliphatic carbocycles. The molecule has 1 aromatic heterocycles. The van der Waals surface area contributed by atoms with E-state index < -0.39 is 16.1 Å². The number of para-hydroxylation sites is 1. The lowest BCUT2D eigenvalue weighted by Gasteiger charge is -2.34. The van der Waals surface area contributed by atoms with E-state index in [1.807, 2.05) is 66.7 Å². The van der Waals surface area contributed by atoms with Gasteiger partial charge in [-0.1, -0.05) is 54.6 Å². The minimum Gasteiger partial charge on any atom is -0.454 e. The number of hydrogen-bond donors (Lipinski definition) is 1. The maximum atomic E-state index is 13.6. The molecule has 1 unspecified atom stereocenters. The summed E-state index contributed by atoms with van der Waals surface area (Å²) in [6.07, 6.45) is 2.28. The minimum absolute atomic E-state index is 0.170. The van der Waals surface area contributed by atoms with Crippen LogP contribution in [0.15, 0.2) is 78.2 Å². The van der Waals surface area contributed by atoms with E-state index in [1.54, 1.807) is 10.4 Å². The molecule has 2 aliphatic rings. The summed E-state index contributed by atoms with van der Waals surface area (Å²) in [6.45, 7) is 0.554. The molecule has 0 spiro atoms. The van der Waals surface area contributed by atoms with E-state index in [4.69, 9.17) is 9.47 Å². The second-order valence-electron chi connectivity index (χ2n) is 8.20. The average Bonchev–Trinajstić information content (AvgIpc) is 3.47. The van der Waals surface area contributed by atoms with Crippen molar-refractivity contribution in [2.75, 3.05) is 13.3 Å². The molecule has 6 rings (SSSR count). The van der Waals surface area contributed by atoms with Crippen molar-refractivity contribution in [3.05, 3.63) is 101 Å². The number of sulfonamides is 1. The van der Waals surface area contributed by atoms with Crippen molar-refractivity contribution < 1.29 is 17.9 Å². The van der Waals surface area contributed by atoms with Gasteiger partial charge in [-0.15, -0.1) is 0 Å². The third-order valence-corrected chi connectivity index (χ3v) is 7.79. The Morgan fingerprint density at radius 1 is 0.939 bits per heavy atom. The van der Waals surface area contributed by atoms with Crippen molar-refractivity contribution in [3.63, 3.8) is 0 Å². The Labute approximate surface area is 192 Å². The van der Waals surface area contributed by atoms with Crippen LogP contribution in [0.5, 0.6) is 11.5 Å². The number of nitrogens with zero attached hydrogens (tertiary/aromatic N) is 1. The van der Waals surface area contributed by atoms with Crippen LogP contribution in [0.25, 0.3) is 17.0 Å². The molecule has 0 saturated carbocycles. The van der Waals surface area contributed by atoms with Crippen LogP contribution < -0.4 is 9.47 Å². The molecule has 1 N–H and O–H groups in total. The number of rotatable bonds is 4. The molecule has 4 aromatic rings. The van der Waals surface area contributed by atoms with Gasteiger partial charge in [0.05, 0.1) is 6.04 Å². The van der Waals surface area contributed by atoms with Gasteiger partial charge in [0.25, 0.3) is 0 Å². The summed E-state index contributed by atoms with van der Waals surface area (Å²) in [5.74, 6) is 1.30. The maximum absolute atomic E-state index is 13.6. The Morgan fingerprint density at radius 2 is 1.73 bits per heavy atom. The fourth-order valence-corrected chi connectivity index (χ4v) is 6.07. The Morgan fingerprint density at radius 3 is 2.61 bits per heavy atom. The summed E-state index contributed by atoms with van der Waals surface area (Å²) in [5, 5.41) is 2.44. The molecule has 1 atom stereocenters. The van der Waals surface area contributed by atoms with E-state index in [9.17, 15) is 8.42 Å². The van der Waals surface area contributed by atoms with Crippen LogP contribution in [-0.2, 0) is 16.4 Å². The monoisotopic (exact) mass is 458 g/mol. The lowest BCUT2D eigenvalue weighted by molar-refractivity contribution is 0.174. The van der Waals surface area contributed by atoms with Gasteiger partial charge in [0, 0.05) is 28.5 Å². The molecule has 166 valence electrons. The maximum Gasteiger partial charge on any atom is 0.237 e. The fraction of sp³-hybridized carbons (Fsp3) is 0.154. The molecule has 0 radical (unpaired) electrons. The van der Waals surface area contributed by atoms with E-state index in [0.717, 1.165) is 33.3 Å². The molecular weight excluding hydrogens is 436 g/mol. The highest BCUT2D eigenvalue weighted by atomic mass is 32.2. The van der Waals surface area contributed by atoms with Gasteiger partial charge in [0.1, 0.15) is 0 Å². The van der Waals surface area contributed by atoms with Crippen molar-refractivity contribution in [1.82, 2.24) is 9.29 Å². The molecule has 2 aliphatic heterocycles. The van der Waals surface area contributed by atoms with Crippen molar-refractivity contribution in [2.24, 2.45) is 0 Å². The van der Waals surface area contributed by atoms with Gasteiger partial charge in [-0.25, -0.2) is 8.42 Å². The molecule has 0 amide bonds. The standard InChI is InChI=1S/C26H22N2O4S/c29-33(30,15-13-18-6-2-1-3-7-18)28-14-12-21-20-8-4-5-9-22(20)27-25(21)26(28)19-10-11-23-24(16-19)32-17-31-23/h1-11,13,15-16,26-27H,12,14,17H2/b15-13+. The Balaban J connectivity index is 1.48. The first-order valence-electron chi connectivity index (χ1n) is 10.8. The number of hydrogen-bond acceptors (Lipinski definition) is 4. The van der Waals surface area contributed by atoms with Crippen LogP contribution in [0.3, 0.4) is 0 Å². The third-order valence-electron chi connectivity index (χ3n) is 6.26.